The molecule has 0 spiro atoms. The predicted molar refractivity (Wildman–Crippen MR) is 99.8 cm³/mol. The van der Waals surface area contributed by atoms with E-state index < -0.39 is 17.5 Å². The fraction of sp³-hybridized carbons (Fsp3) is 0.238. The highest BCUT2D eigenvalue weighted by molar-refractivity contribution is 5.89. The number of para-hydroxylation sites is 1. The number of carboxylic acids is 2. The monoisotopic (exact) mass is 385 g/mol. The summed E-state index contributed by atoms with van der Waals surface area (Å²) >= 11 is 0. The van der Waals surface area contributed by atoms with Gasteiger partial charge in [0.25, 0.3) is 0 Å². The molecule has 1 fully saturated rings. The molecule has 28 heavy (non-hydrogen) atoms. The van der Waals surface area contributed by atoms with Gasteiger partial charge in [0, 0.05) is 36.6 Å². The number of rotatable bonds is 3. The molecule has 0 aromatic heterocycles. The smallest absolute Gasteiger partial charge is 0.328 e. The molecule has 2 atom stereocenters. The average molecular weight is 385 g/mol. The van der Waals surface area contributed by atoms with Crippen molar-refractivity contribution in [3.63, 3.8) is 0 Å². The topological polar surface area (TPSA) is 95.9 Å². The van der Waals surface area contributed by atoms with E-state index in [4.69, 9.17) is 14.9 Å². The lowest BCUT2D eigenvalue weighted by Gasteiger charge is -2.39. The summed E-state index contributed by atoms with van der Waals surface area (Å²) in [5.41, 5.74) is 1.75. The molecule has 2 aromatic rings. The van der Waals surface area contributed by atoms with Crippen LogP contribution in [0, 0.1) is 5.82 Å². The molecule has 2 aliphatic rings. The van der Waals surface area contributed by atoms with Crippen LogP contribution in [0.2, 0.25) is 0 Å². The summed E-state index contributed by atoms with van der Waals surface area (Å²) in [5.74, 6) is -1.53. The van der Waals surface area contributed by atoms with Gasteiger partial charge in [0.1, 0.15) is 17.2 Å². The number of hydrogen-bond acceptors (Lipinski definition) is 4. The Bertz CT molecular complexity index is 897. The highest BCUT2D eigenvalue weighted by Gasteiger charge is 2.50. The Morgan fingerprint density at radius 3 is 2.50 bits per heavy atom. The zero-order chi connectivity index (χ0) is 20.1. The SMILES string of the molecule is Fc1cccc(C23CCNCC2c2ccccc2O3)c1.O=C(O)C=CC(=O)O. The van der Waals surface area contributed by atoms with Gasteiger partial charge in [0.15, 0.2) is 0 Å². The summed E-state index contributed by atoms with van der Waals surface area (Å²) in [6, 6.07) is 15.0. The number of halogens is 1. The molecule has 0 bridgehead atoms. The van der Waals surface area contributed by atoms with E-state index in [0.29, 0.717) is 12.2 Å². The number of benzene rings is 2. The highest BCUT2D eigenvalue weighted by atomic mass is 19.1. The minimum Gasteiger partial charge on any atom is -0.482 e. The number of aliphatic carboxylic acids is 2. The van der Waals surface area contributed by atoms with E-state index in [1.165, 1.54) is 11.6 Å². The quantitative estimate of drug-likeness (QED) is 0.703. The molecule has 2 aliphatic heterocycles. The van der Waals surface area contributed by atoms with Crippen LogP contribution in [0.4, 0.5) is 4.39 Å². The normalized spacial score (nSPS) is 22.4. The fourth-order valence-corrected chi connectivity index (χ4v) is 3.70. The number of fused-ring (bicyclic) bond motifs is 3. The molecular formula is C21H20FNO5. The van der Waals surface area contributed by atoms with E-state index in [2.05, 4.69) is 11.4 Å². The van der Waals surface area contributed by atoms with E-state index >= 15 is 0 Å². The van der Waals surface area contributed by atoms with Crippen LogP contribution in [0.5, 0.6) is 5.75 Å². The van der Waals surface area contributed by atoms with Crippen molar-refractivity contribution in [1.82, 2.24) is 5.32 Å². The number of carbonyl (C=O) groups is 2. The molecule has 4 rings (SSSR count). The van der Waals surface area contributed by atoms with E-state index in [1.807, 2.05) is 24.3 Å². The van der Waals surface area contributed by atoms with Crippen molar-refractivity contribution >= 4 is 11.9 Å². The van der Waals surface area contributed by atoms with E-state index in [1.54, 1.807) is 12.1 Å². The Balaban J connectivity index is 0.000000242. The van der Waals surface area contributed by atoms with Crippen LogP contribution in [-0.2, 0) is 15.2 Å². The van der Waals surface area contributed by atoms with Gasteiger partial charge in [0.05, 0.1) is 0 Å². The maximum Gasteiger partial charge on any atom is 0.328 e. The van der Waals surface area contributed by atoms with Gasteiger partial charge in [-0.3, -0.25) is 0 Å². The zero-order valence-electron chi connectivity index (χ0n) is 15.0. The Labute approximate surface area is 161 Å². The van der Waals surface area contributed by atoms with Gasteiger partial charge >= 0.3 is 11.9 Å². The molecule has 6 nitrogen and oxygen atoms in total. The maximum atomic E-state index is 13.6. The van der Waals surface area contributed by atoms with Crippen molar-refractivity contribution in [2.24, 2.45) is 0 Å². The van der Waals surface area contributed by atoms with Crippen LogP contribution in [-0.4, -0.2) is 35.2 Å². The molecule has 2 heterocycles. The molecule has 7 heteroatoms. The van der Waals surface area contributed by atoms with Gasteiger partial charge in [-0.25, -0.2) is 14.0 Å². The lowest BCUT2D eigenvalue weighted by molar-refractivity contribution is -0.134. The number of ether oxygens (including phenoxy) is 1. The Morgan fingerprint density at radius 1 is 1.11 bits per heavy atom. The second-order valence-electron chi connectivity index (χ2n) is 6.56. The molecule has 146 valence electrons. The summed E-state index contributed by atoms with van der Waals surface area (Å²) < 4.78 is 20.0. The van der Waals surface area contributed by atoms with Crippen LogP contribution >= 0.6 is 0 Å². The van der Waals surface area contributed by atoms with Gasteiger partial charge in [-0.05, 0) is 30.3 Å². The zero-order valence-corrected chi connectivity index (χ0v) is 15.0. The molecule has 2 aromatic carbocycles. The lowest BCUT2D eigenvalue weighted by atomic mass is 9.75. The standard InChI is InChI=1S/C17H16FNO.C4H4O4/c18-13-5-3-4-12(10-13)17-8-9-19-11-15(17)14-6-1-2-7-16(14)20-17;5-3(6)1-2-4(7)8/h1-7,10,15,19H,8-9,11H2;1-2H,(H,5,6)(H,7,8). The van der Waals surface area contributed by atoms with Crippen LogP contribution in [0.25, 0.3) is 0 Å². The van der Waals surface area contributed by atoms with Crippen LogP contribution in [0.1, 0.15) is 23.5 Å². The van der Waals surface area contributed by atoms with E-state index in [-0.39, 0.29) is 11.7 Å². The van der Waals surface area contributed by atoms with Gasteiger partial charge in [-0.1, -0.05) is 30.3 Å². The summed E-state index contributed by atoms with van der Waals surface area (Å²) in [6.45, 7) is 1.76. The molecular weight excluding hydrogens is 365 g/mol. The molecule has 0 radical (unpaired) electrons. The van der Waals surface area contributed by atoms with Crippen LogP contribution < -0.4 is 10.1 Å². The van der Waals surface area contributed by atoms with Crippen LogP contribution in [0.3, 0.4) is 0 Å². The summed E-state index contributed by atoms with van der Waals surface area (Å²) in [4.78, 5) is 19.1. The van der Waals surface area contributed by atoms with E-state index in [9.17, 15) is 14.0 Å². The minimum atomic E-state index is -1.26. The molecule has 1 saturated heterocycles. The van der Waals surface area contributed by atoms with Gasteiger partial charge in [-0.2, -0.15) is 0 Å². The van der Waals surface area contributed by atoms with Gasteiger partial charge in [-0.15, -0.1) is 0 Å². The van der Waals surface area contributed by atoms with Crippen LogP contribution in [0.15, 0.2) is 60.7 Å². The maximum absolute atomic E-state index is 13.6. The Hall–Kier alpha value is -3.19. The number of carboxylic acid groups (broad SMARTS) is 2. The number of hydrogen-bond donors (Lipinski definition) is 3. The van der Waals surface area contributed by atoms with Gasteiger partial charge < -0.3 is 20.3 Å². The fourth-order valence-electron chi connectivity index (χ4n) is 3.70. The van der Waals surface area contributed by atoms with Crippen molar-refractivity contribution in [3.05, 3.63) is 77.6 Å². The third-order valence-corrected chi connectivity index (χ3v) is 4.85. The Kier molecular flexibility index (Phi) is 5.75. The largest absolute Gasteiger partial charge is 0.482 e. The van der Waals surface area contributed by atoms with Crippen molar-refractivity contribution in [3.8, 4) is 5.75 Å². The summed E-state index contributed by atoms with van der Waals surface area (Å²) in [7, 11) is 0. The first-order valence-electron chi connectivity index (χ1n) is 8.81. The van der Waals surface area contributed by atoms with Crippen molar-refractivity contribution in [1.29, 1.82) is 0 Å². The number of piperidine rings is 1. The third kappa shape index (κ3) is 4.04. The van der Waals surface area contributed by atoms with Crippen molar-refractivity contribution < 1.29 is 28.9 Å². The lowest BCUT2D eigenvalue weighted by Crippen LogP contribution is -2.47. The average Bonchev–Trinajstić information content (AvgIpc) is 3.03. The minimum absolute atomic E-state index is 0.200. The molecule has 0 aliphatic carbocycles. The Morgan fingerprint density at radius 2 is 1.82 bits per heavy atom. The van der Waals surface area contributed by atoms with Gasteiger partial charge in [0.2, 0.25) is 0 Å². The first-order valence-corrected chi connectivity index (χ1v) is 8.81. The summed E-state index contributed by atoms with van der Waals surface area (Å²) in [5, 5.41) is 19.1. The molecule has 0 saturated carbocycles. The van der Waals surface area contributed by atoms with E-state index in [0.717, 1.165) is 30.8 Å². The number of nitrogens with one attached hydrogen (secondary N) is 1. The molecule has 3 N–H and O–H groups in total. The van der Waals surface area contributed by atoms with Crippen molar-refractivity contribution in [2.75, 3.05) is 13.1 Å². The first-order chi connectivity index (χ1) is 13.4. The molecule has 2 unspecified atom stereocenters. The predicted octanol–water partition coefficient (Wildman–Crippen LogP) is 2.90. The third-order valence-electron chi connectivity index (χ3n) is 4.85. The highest BCUT2D eigenvalue weighted by Crippen LogP contribution is 2.53. The first kappa shape index (κ1) is 19.6. The second kappa shape index (κ2) is 8.22. The second-order valence-corrected chi connectivity index (χ2v) is 6.56. The summed E-state index contributed by atoms with van der Waals surface area (Å²) in [6.07, 6.45) is 1.97. The van der Waals surface area contributed by atoms with Crippen molar-refractivity contribution in [2.45, 2.75) is 17.9 Å². The molecule has 0 amide bonds.